The zero-order valence-electron chi connectivity index (χ0n) is 12.7. The second-order valence-electron chi connectivity index (χ2n) is 4.93. The molecule has 0 aromatic heterocycles. The maximum atomic E-state index is 12.1. The van der Waals surface area contributed by atoms with Crippen LogP contribution in [0.15, 0.2) is 23.2 Å². The predicted octanol–water partition coefficient (Wildman–Crippen LogP) is 5.95. The Morgan fingerprint density at radius 1 is 1.29 bits per heavy atom. The van der Waals surface area contributed by atoms with E-state index >= 15 is 0 Å². The van der Waals surface area contributed by atoms with Gasteiger partial charge in [0.15, 0.2) is 5.75 Å². The van der Waals surface area contributed by atoms with Crippen LogP contribution in [0.25, 0.3) is 0 Å². The lowest BCUT2D eigenvalue weighted by Crippen LogP contribution is -2.13. The van der Waals surface area contributed by atoms with Crippen LogP contribution in [0, 0.1) is 0 Å². The molecule has 9 heteroatoms. The number of alkyl halides is 3. The van der Waals surface area contributed by atoms with E-state index in [0.717, 1.165) is 6.08 Å². The normalized spacial score (nSPS) is 13.9. The van der Waals surface area contributed by atoms with Gasteiger partial charge in [-0.3, -0.25) is 0 Å². The van der Waals surface area contributed by atoms with Crippen LogP contribution in [0.2, 0.25) is 10.0 Å². The van der Waals surface area contributed by atoms with E-state index in [0.29, 0.717) is 12.8 Å². The summed E-state index contributed by atoms with van der Waals surface area (Å²) in [6, 6.07) is 2.63. The van der Waals surface area contributed by atoms with Crippen molar-refractivity contribution in [2.75, 3.05) is 13.2 Å². The van der Waals surface area contributed by atoms with E-state index in [-0.39, 0.29) is 40.9 Å². The maximum absolute atomic E-state index is 12.1. The van der Waals surface area contributed by atoms with Crippen molar-refractivity contribution in [3.63, 3.8) is 0 Å². The first-order chi connectivity index (χ1) is 11.1. The fraction of sp³-hybridized carbons (Fsp3) is 0.467. The van der Waals surface area contributed by atoms with E-state index in [9.17, 15) is 18.3 Å². The van der Waals surface area contributed by atoms with Crippen LogP contribution in [0.5, 0.6) is 11.5 Å². The molecule has 0 aliphatic carbocycles. The third-order valence-corrected chi connectivity index (χ3v) is 3.78. The minimum Gasteiger partial charge on any atom is -0.508 e. The molecule has 0 radical (unpaired) electrons. The quantitative estimate of drug-likeness (QED) is 0.541. The minimum absolute atomic E-state index is 0.0658. The molecular formula is C15H16Cl3F3O3. The molecule has 1 N–H and O–H groups in total. The average molecular weight is 408 g/mol. The molecule has 1 aromatic rings. The fourth-order valence-electron chi connectivity index (χ4n) is 1.72. The first-order valence-electron chi connectivity index (χ1n) is 6.96. The topological polar surface area (TPSA) is 38.7 Å². The molecular weight excluding hydrogens is 392 g/mol. The number of benzene rings is 1. The van der Waals surface area contributed by atoms with E-state index in [1.807, 2.05) is 0 Å². The molecule has 0 heterocycles. The van der Waals surface area contributed by atoms with Crippen LogP contribution in [0.3, 0.4) is 0 Å². The molecule has 1 unspecified atom stereocenters. The minimum atomic E-state index is -4.55. The SMILES string of the molecule is CC(CCCOCC=C(Cl)C(F)(F)F)Oc1c(Cl)cc(O)cc1Cl. The number of halogens is 6. The highest BCUT2D eigenvalue weighted by molar-refractivity contribution is 6.37. The van der Waals surface area contributed by atoms with Gasteiger partial charge in [-0.15, -0.1) is 0 Å². The third-order valence-electron chi connectivity index (χ3n) is 2.85. The second-order valence-corrected chi connectivity index (χ2v) is 6.16. The Balaban J connectivity index is 2.32. The van der Waals surface area contributed by atoms with Gasteiger partial charge in [0.05, 0.1) is 22.8 Å². The number of rotatable bonds is 8. The molecule has 0 bridgehead atoms. The number of aromatic hydroxyl groups is 1. The molecule has 1 atom stereocenters. The van der Waals surface area contributed by atoms with Crippen LogP contribution in [-0.4, -0.2) is 30.6 Å². The van der Waals surface area contributed by atoms with Crippen molar-refractivity contribution < 1.29 is 27.8 Å². The molecule has 1 rings (SSSR count). The number of allylic oxidation sites excluding steroid dienone is 1. The van der Waals surface area contributed by atoms with Gasteiger partial charge >= 0.3 is 6.18 Å². The summed E-state index contributed by atoms with van der Waals surface area (Å²) in [5.74, 6) is 0.202. The Bertz CT molecular complexity index is 554. The molecule has 0 saturated carbocycles. The highest BCUT2D eigenvalue weighted by Gasteiger charge is 2.31. The van der Waals surface area contributed by atoms with Crippen LogP contribution in [0.4, 0.5) is 13.2 Å². The van der Waals surface area contributed by atoms with Gasteiger partial charge in [-0.25, -0.2) is 0 Å². The first kappa shape index (κ1) is 21.2. The summed E-state index contributed by atoms with van der Waals surface area (Å²) in [6.07, 6.45) is -2.88. The van der Waals surface area contributed by atoms with E-state index in [1.54, 1.807) is 6.92 Å². The van der Waals surface area contributed by atoms with E-state index in [2.05, 4.69) is 0 Å². The fourth-order valence-corrected chi connectivity index (χ4v) is 2.35. The highest BCUT2D eigenvalue weighted by Crippen LogP contribution is 2.37. The van der Waals surface area contributed by atoms with Crippen LogP contribution in [0.1, 0.15) is 19.8 Å². The smallest absolute Gasteiger partial charge is 0.426 e. The lowest BCUT2D eigenvalue weighted by atomic mass is 10.2. The number of hydrogen-bond donors (Lipinski definition) is 1. The Hall–Kier alpha value is -0.820. The van der Waals surface area contributed by atoms with Gasteiger partial charge in [0, 0.05) is 18.7 Å². The van der Waals surface area contributed by atoms with Gasteiger partial charge in [0.1, 0.15) is 10.8 Å². The zero-order valence-corrected chi connectivity index (χ0v) is 14.9. The molecule has 24 heavy (non-hydrogen) atoms. The van der Waals surface area contributed by atoms with Gasteiger partial charge in [0.25, 0.3) is 0 Å². The van der Waals surface area contributed by atoms with Gasteiger partial charge in [0.2, 0.25) is 0 Å². The summed E-state index contributed by atoms with van der Waals surface area (Å²) >= 11 is 16.9. The standard InChI is InChI=1S/C15H16Cl3F3O3/c1-9(24-14-11(16)7-10(22)8-12(14)17)3-2-5-23-6-4-13(18)15(19,20)21/h4,7-9,22H,2-3,5-6H2,1H3. The van der Waals surface area contributed by atoms with Crippen molar-refractivity contribution >= 4 is 34.8 Å². The molecule has 1 aromatic carbocycles. The van der Waals surface area contributed by atoms with Gasteiger partial charge in [-0.05, 0) is 25.8 Å². The number of phenolic OH excluding ortho intramolecular Hbond substituents is 1. The summed E-state index contributed by atoms with van der Waals surface area (Å²) in [5.41, 5.74) is 0. The van der Waals surface area contributed by atoms with Gasteiger partial charge in [-0.1, -0.05) is 34.8 Å². The Morgan fingerprint density at radius 2 is 1.88 bits per heavy atom. The van der Waals surface area contributed by atoms with Crippen LogP contribution < -0.4 is 4.74 Å². The molecule has 0 fully saturated rings. The Kier molecular flexibility index (Phi) is 8.50. The summed E-state index contributed by atoms with van der Waals surface area (Å²) in [6.45, 7) is 1.83. The number of phenols is 1. The molecule has 0 spiro atoms. The van der Waals surface area contributed by atoms with Gasteiger partial charge in [-0.2, -0.15) is 13.2 Å². The summed E-state index contributed by atoms with van der Waals surface area (Å²) in [4.78, 5) is 0. The summed E-state index contributed by atoms with van der Waals surface area (Å²) in [5, 5.41) is 8.52. The van der Waals surface area contributed by atoms with Crippen molar-refractivity contribution in [1.82, 2.24) is 0 Å². The van der Waals surface area contributed by atoms with Crippen molar-refractivity contribution in [2.45, 2.75) is 32.0 Å². The molecule has 0 amide bonds. The van der Waals surface area contributed by atoms with E-state index in [4.69, 9.17) is 44.3 Å². The second kappa shape index (κ2) is 9.61. The highest BCUT2D eigenvalue weighted by atomic mass is 35.5. The monoisotopic (exact) mass is 406 g/mol. The van der Waals surface area contributed by atoms with Crippen molar-refractivity contribution in [3.05, 3.63) is 33.3 Å². The molecule has 0 aliphatic rings. The zero-order chi connectivity index (χ0) is 18.3. The third kappa shape index (κ3) is 7.38. The van der Waals surface area contributed by atoms with Crippen molar-refractivity contribution in [3.8, 4) is 11.5 Å². The molecule has 0 saturated heterocycles. The predicted molar refractivity (Wildman–Crippen MR) is 88.3 cm³/mol. The molecule has 0 aliphatic heterocycles. The Morgan fingerprint density at radius 3 is 2.42 bits per heavy atom. The van der Waals surface area contributed by atoms with Gasteiger partial charge < -0.3 is 14.6 Å². The maximum Gasteiger partial charge on any atom is 0.426 e. The van der Waals surface area contributed by atoms with Crippen molar-refractivity contribution in [1.29, 1.82) is 0 Å². The van der Waals surface area contributed by atoms with Crippen LogP contribution >= 0.6 is 34.8 Å². The summed E-state index contributed by atoms with van der Waals surface area (Å²) in [7, 11) is 0. The van der Waals surface area contributed by atoms with E-state index in [1.165, 1.54) is 12.1 Å². The number of hydrogen-bond acceptors (Lipinski definition) is 3. The molecule has 3 nitrogen and oxygen atoms in total. The van der Waals surface area contributed by atoms with Crippen LogP contribution in [-0.2, 0) is 4.74 Å². The summed E-state index contributed by atoms with van der Waals surface area (Å²) < 4.78 is 47.0. The molecule has 136 valence electrons. The van der Waals surface area contributed by atoms with Crippen molar-refractivity contribution in [2.24, 2.45) is 0 Å². The average Bonchev–Trinajstić information content (AvgIpc) is 2.45. The lowest BCUT2D eigenvalue weighted by Gasteiger charge is -2.17. The van der Waals surface area contributed by atoms with E-state index < -0.39 is 11.2 Å². The Labute approximate surface area is 152 Å². The largest absolute Gasteiger partial charge is 0.508 e. The lowest BCUT2D eigenvalue weighted by molar-refractivity contribution is -0.0850. The number of ether oxygens (including phenoxy) is 2. The first-order valence-corrected chi connectivity index (χ1v) is 8.10.